The fourth-order valence-electron chi connectivity index (χ4n) is 5.20. The first kappa shape index (κ1) is 22.0. The van der Waals surface area contributed by atoms with Crippen LogP contribution in [0.2, 0.25) is 0 Å². The summed E-state index contributed by atoms with van der Waals surface area (Å²) >= 11 is 1.29. The number of hydrogen-bond acceptors (Lipinski definition) is 4. The van der Waals surface area contributed by atoms with Crippen molar-refractivity contribution in [3.8, 4) is 0 Å². The van der Waals surface area contributed by atoms with Crippen molar-refractivity contribution in [2.45, 2.75) is 112 Å². The van der Waals surface area contributed by atoms with Gasteiger partial charge in [-0.2, -0.15) is 4.33 Å². The molecule has 2 unspecified atom stereocenters. The van der Waals surface area contributed by atoms with Crippen LogP contribution < -0.4 is 34.8 Å². The van der Waals surface area contributed by atoms with Gasteiger partial charge in [0.15, 0.2) is 0 Å². The molecule has 0 bridgehead atoms. The van der Waals surface area contributed by atoms with Crippen molar-refractivity contribution in [1.29, 1.82) is 0 Å². The second-order valence-corrected chi connectivity index (χ2v) is 11.8. The van der Waals surface area contributed by atoms with Crippen LogP contribution in [-0.2, 0) is 9.37 Å². The minimum atomic E-state index is 0. The molecule has 24 heavy (non-hydrogen) atoms. The van der Waals surface area contributed by atoms with Crippen LogP contribution >= 0.6 is 20.0 Å². The Morgan fingerprint density at radius 3 is 1.79 bits per heavy atom. The summed E-state index contributed by atoms with van der Waals surface area (Å²) in [6, 6.07) is 0. The van der Waals surface area contributed by atoms with Crippen LogP contribution in [0, 0.1) is 0 Å². The molecule has 134 valence electrons. The molecule has 0 saturated heterocycles. The predicted octanol–water partition coefficient (Wildman–Crippen LogP) is 2.32. The molecule has 3 nitrogen and oxygen atoms in total. The maximum atomic E-state index is 10.1. The zero-order valence-electron chi connectivity index (χ0n) is 15.3. The van der Waals surface area contributed by atoms with Crippen molar-refractivity contribution < 1.29 is 44.2 Å². The van der Waals surface area contributed by atoms with E-state index in [1.807, 2.05) is 0 Å². The van der Waals surface area contributed by atoms with Crippen molar-refractivity contribution in [3.05, 3.63) is 0 Å². The van der Waals surface area contributed by atoms with Crippen LogP contribution in [0.3, 0.4) is 0 Å². The summed E-state index contributed by atoms with van der Waals surface area (Å²) in [5.74, 6) is 0. The van der Waals surface area contributed by atoms with E-state index in [2.05, 4.69) is 9.37 Å². The van der Waals surface area contributed by atoms with Crippen molar-refractivity contribution in [2.75, 3.05) is 0 Å². The zero-order valence-corrected chi connectivity index (χ0v) is 19.0. The Kier molecular flexibility index (Phi) is 11.1. The Bertz CT molecular complexity index is 320. The summed E-state index contributed by atoms with van der Waals surface area (Å²) < 4.78 is 4.66. The van der Waals surface area contributed by atoms with E-state index in [-0.39, 0.29) is 37.5 Å². The van der Waals surface area contributed by atoms with Crippen molar-refractivity contribution >= 4 is 20.0 Å². The molecular weight excluding hydrogens is 350 g/mol. The fourth-order valence-corrected chi connectivity index (χ4v) is 10.8. The van der Waals surface area contributed by atoms with Crippen molar-refractivity contribution in [2.24, 2.45) is 0 Å². The Labute approximate surface area is 175 Å². The van der Waals surface area contributed by atoms with Crippen LogP contribution in [0.1, 0.15) is 89.9 Å². The molecule has 2 atom stereocenters. The van der Waals surface area contributed by atoms with Gasteiger partial charge in [-0.25, -0.2) is 0 Å². The fraction of sp³-hybridized carbons (Fsp3) is 1.00. The van der Waals surface area contributed by atoms with Crippen LogP contribution in [0.4, 0.5) is 0 Å². The average molecular weight is 382 g/mol. The molecule has 3 aliphatic carbocycles. The first-order valence-corrected chi connectivity index (χ1v) is 12.1. The summed E-state index contributed by atoms with van der Waals surface area (Å²) in [7, 11) is 0.155. The molecule has 0 heterocycles. The Balaban J connectivity index is 0.00000208. The maximum Gasteiger partial charge on any atom is 1.00 e. The zero-order chi connectivity index (χ0) is 15.9. The van der Waals surface area contributed by atoms with Crippen molar-refractivity contribution in [3.63, 3.8) is 0 Å². The third-order valence-corrected chi connectivity index (χ3v) is 11.1. The second kappa shape index (κ2) is 12.2. The molecule has 0 N–H and O–H groups in total. The first-order chi connectivity index (χ1) is 11.4. The molecule has 0 aromatic heterocycles. The van der Waals surface area contributed by atoms with Gasteiger partial charge in [-0.1, -0.05) is 52.9 Å². The Hall–Kier alpha value is 1.66. The Morgan fingerprint density at radius 1 is 0.708 bits per heavy atom. The predicted molar refractivity (Wildman–Crippen MR) is 96.5 cm³/mol. The largest absolute Gasteiger partial charge is 1.00 e. The molecule has 0 spiro atoms. The molecule has 0 aliphatic heterocycles. The molecule has 3 aliphatic rings. The van der Waals surface area contributed by atoms with E-state index in [0.717, 1.165) is 17.0 Å². The molecular formula is C18H32NaO3PS. The van der Waals surface area contributed by atoms with Crippen LogP contribution in [0.5, 0.6) is 0 Å². The van der Waals surface area contributed by atoms with Gasteiger partial charge in [0.25, 0.3) is 0 Å². The van der Waals surface area contributed by atoms with E-state index >= 15 is 0 Å². The van der Waals surface area contributed by atoms with E-state index in [9.17, 15) is 5.26 Å². The standard InChI is InChI=1S/C18H33O3PS.Na/c19-20-21-23-18-13-7-12-17(14-18)22(15-8-3-1-4-9-15)16-10-5-2-6-11-16;/h15-19H,1-14H2;/q;+1/p-1. The van der Waals surface area contributed by atoms with E-state index in [4.69, 9.17) is 0 Å². The van der Waals surface area contributed by atoms with Gasteiger partial charge in [-0.05, 0) is 61.9 Å². The third kappa shape index (κ3) is 6.37. The van der Waals surface area contributed by atoms with Gasteiger partial charge in [0, 0.05) is 17.3 Å². The summed E-state index contributed by atoms with van der Waals surface area (Å²) in [4.78, 5) is 0. The molecule has 3 fully saturated rings. The van der Waals surface area contributed by atoms with E-state index < -0.39 is 0 Å². The van der Waals surface area contributed by atoms with Crippen LogP contribution in [0.25, 0.3) is 0 Å². The molecule has 0 aromatic rings. The van der Waals surface area contributed by atoms with Gasteiger partial charge in [-0.3, -0.25) is 5.04 Å². The van der Waals surface area contributed by atoms with Gasteiger partial charge in [0.05, 0.1) is 0 Å². The second-order valence-electron chi connectivity index (χ2n) is 7.71. The normalized spacial score (nSPS) is 30.2. The smallest absolute Gasteiger partial charge is 0.691 e. The molecule has 0 radical (unpaired) electrons. The molecule has 3 rings (SSSR count). The quantitative estimate of drug-likeness (QED) is 0.232. The minimum absolute atomic E-state index is 0. The van der Waals surface area contributed by atoms with Gasteiger partial charge in [0.2, 0.25) is 0 Å². The first-order valence-electron chi connectivity index (χ1n) is 9.78. The van der Waals surface area contributed by atoms with E-state index in [0.29, 0.717) is 5.25 Å². The van der Waals surface area contributed by atoms with Crippen LogP contribution in [0.15, 0.2) is 0 Å². The summed E-state index contributed by atoms with van der Waals surface area (Å²) in [6.07, 6.45) is 19.9. The summed E-state index contributed by atoms with van der Waals surface area (Å²) in [5.41, 5.74) is 2.98. The number of rotatable bonds is 6. The summed E-state index contributed by atoms with van der Waals surface area (Å²) in [5, 5.41) is 14.2. The molecule has 6 heteroatoms. The molecule has 0 amide bonds. The van der Waals surface area contributed by atoms with E-state index in [1.54, 1.807) is 0 Å². The third-order valence-electron chi connectivity index (χ3n) is 6.22. The SMILES string of the molecule is [Na+].[O-]OOSC1CCCC(P(C2CCCCC2)C2CCCCC2)C1. The van der Waals surface area contributed by atoms with Gasteiger partial charge >= 0.3 is 29.6 Å². The Morgan fingerprint density at radius 2 is 1.25 bits per heavy atom. The van der Waals surface area contributed by atoms with E-state index in [1.165, 1.54) is 102 Å². The molecule has 3 saturated carbocycles. The molecule has 0 aromatic carbocycles. The number of hydrogen-bond donors (Lipinski definition) is 0. The van der Waals surface area contributed by atoms with Gasteiger partial charge in [-0.15, -0.1) is 0 Å². The minimum Gasteiger partial charge on any atom is -0.691 e. The average Bonchev–Trinajstić information content (AvgIpc) is 2.62. The van der Waals surface area contributed by atoms with Gasteiger partial charge in [0.1, 0.15) is 0 Å². The monoisotopic (exact) mass is 382 g/mol. The van der Waals surface area contributed by atoms with Gasteiger partial charge < -0.3 is 5.26 Å². The van der Waals surface area contributed by atoms with Crippen molar-refractivity contribution in [1.82, 2.24) is 0 Å². The topological polar surface area (TPSA) is 41.5 Å². The maximum absolute atomic E-state index is 10.1. The summed E-state index contributed by atoms with van der Waals surface area (Å²) in [6.45, 7) is 0. The van der Waals surface area contributed by atoms with Crippen LogP contribution in [-0.4, -0.2) is 22.2 Å².